The Morgan fingerprint density at radius 3 is 2.46 bits per heavy atom. The highest BCUT2D eigenvalue weighted by Gasteiger charge is 2.27. The quantitative estimate of drug-likeness (QED) is 0.442. The topological polar surface area (TPSA) is 100 Å². The molecule has 0 bridgehead atoms. The third-order valence-electron chi connectivity index (χ3n) is 5.41. The van der Waals surface area contributed by atoms with E-state index in [1.807, 2.05) is 25.1 Å². The Bertz CT molecular complexity index is 1080. The Hall–Kier alpha value is -3.33. The lowest BCUT2D eigenvalue weighted by molar-refractivity contribution is 0.0425. The fourth-order valence-corrected chi connectivity index (χ4v) is 3.76. The van der Waals surface area contributed by atoms with Crippen LogP contribution >= 0.6 is 0 Å². The number of nitrogens with one attached hydrogen (secondary N) is 2. The Balaban J connectivity index is 1.79. The van der Waals surface area contributed by atoms with E-state index in [4.69, 9.17) is 9.47 Å². The molecule has 4 N–H and O–H groups in total. The third-order valence-corrected chi connectivity index (χ3v) is 5.41. The molecule has 7 nitrogen and oxygen atoms in total. The number of hydrogen-bond acceptors (Lipinski definition) is 6. The van der Waals surface area contributed by atoms with Gasteiger partial charge in [-0.05, 0) is 69.0 Å². The summed E-state index contributed by atoms with van der Waals surface area (Å²) in [4.78, 5) is 12.4. The van der Waals surface area contributed by atoms with Crippen LogP contribution < -0.4 is 15.4 Å². The molecule has 35 heavy (non-hydrogen) atoms. The zero-order chi connectivity index (χ0) is 25.8. The summed E-state index contributed by atoms with van der Waals surface area (Å²) >= 11 is 0. The van der Waals surface area contributed by atoms with Gasteiger partial charge in [-0.3, -0.25) is 0 Å². The molecule has 2 unspecified atom stereocenters. The number of alkyl carbamates (subject to hydrolysis) is 1. The molecule has 1 aliphatic heterocycles. The molecule has 0 aromatic heterocycles. The van der Waals surface area contributed by atoms with Crippen LogP contribution in [0.5, 0.6) is 5.75 Å². The van der Waals surface area contributed by atoms with Gasteiger partial charge in [0.2, 0.25) is 0 Å². The number of hydrogen-bond donors (Lipinski definition) is 4. The molecule has 3 rings (SSSR count). The molecule has 2 aromatic carbocycles. The van der Waals surface area contributed by atoms with Crippen molar-refractivity contribution in [2.45, 2.75) is 58.3 Å². The van der Waals surface area contributed by atoms with Gasteiger partial charge in [-0.25, -0.2) is 13.6 Å². The summed E-state index contributed by atoms with van der Waals surface area (Å²) in [6.07, 6.45) is -1.24. The van der Waals surface area contributed by atoms with E-state index in [0.29, 0.717) is 17.0 Å². The average molecular weight is 491 g/mol. The van der Waals surface area contributed by atoms with Crippen molar-refractivity contribution >= 4 is 11.8 Å². The highest BCUT2D eigenvalue weighted by Crippen LogP contribution is 2.32. The van der Waals surface area contributed by atoms with E-state index in [1.54, 1.807) is 20.8 Å². The first-order valence-corrected chi connectivity index (χ1v) is 11.5. The van der Waals surface area contributed by atoms with Gasteiger partial charge >= 0.3 is 6.09 Å². The van der Waals surface area contributed by atoms with Gasteiger partial charge < -0.3 is 30.3 Å². The average Bonchev–Trinajstić information content (AvgIpc) is 2.75. The Labute approximate surface area is 203 Å². The zero-order valence-electron chi connectivity index (χ0n) is 20.3. The number of ether oxygens (including phenoxy) is 2. The summed E-state index contributed by atoms with van der Waals surface area (Å²) in [5.74, 6) is -0.953. The smallest absolute Gasteiger partial charge is 0.407 e. The van der Waals surface area contributed by atoms with E-state index in [-0.39, 0.29) is 30.9 Å². The maximum atomic E-state index is 13.7. The molecule has 9 heteroatoms. The van der Waals surface area contributed by atoms with Crippen molar-refractivity contribution in [3.8, 4) is 5.75 Å². The standard InChI is InChI=1S/C26H32F2N2O5/c1-5-15-6-7-23-19(10-15)24(22(32)14-34-23)29-13-21(31)20(30-25(33)35-26(2,3)4)11-16-8-17(27)12-18(28)9-16/h6-10,12,20-21,29,31-32H,5,11,13-14H2,1-4H3,(H,30,33). The Morgan fingerprint density at radius 2 is 1.83 bits per heavy atom. The van der Waals surface area contributed by atoms with Crippen LogP contribution in [0.2, 0.25) is 0 Å². The minimum atomic E-state index is -1.20. The van der Waals surface area contributed by atoms with Crippen LogP contribution in [0.4, 0.5) is 13.6 Å². The van der Waals surface area contributed by atoms with Crippen LogP contribution in [0.1, 0.15) is 44.4 Å². The molecule has 1 aliphatic rings. The first-order valence-electron chi connectivity index (χ1n) is 11.5. The van der Waals surface area contributed by atoms with Crippen LogP contribution in [-0.4, -0.2) is 47.2 Å². The number of carbonyl (C=O) groups is 1. The summed E-state index contributed by atoms with van der Waals surface area (Å²) in [5.41, 5.74) is 1.59. The van der Waals surface area contributed by atoms with Gasteiger partial charge in [0.05, 0.1) is 17.8 Å². The van der Waals surface area contributed by atoms with Crippen molar-refractivity contribution in [3.05, 3.63) is 70.5 Å². The fraction of sp³-hybridized carbons (Fsp3) is 0.423. The highest BCUT2D eigenvalue weighted by molar-refractivity contribution is 5.73. The van der Waals surface area contributed by atoms with Crippen LogP contribution in [0, 0.1) is 11.6 Å². The summed E-state index contributed by atoms with van der Waals surface area (Å²) in [5, 5.41) is 27.0. The fourth-order valence-electron chi connectivity index (χ4n) is 3.76. The van der Waals surface area contributed by atoms with Crippen molar-refractivity contribution in [3.63, 3.8) is 0 Å². The summed E-state index contributed by atoms with van der Waals surface area (Å²) < 4.78 is 38.3. The van der Waals surface area contributed by atoms with Gasteiger partial charge in [0.1, 0.15) is 29.6 Å². The van der Waals surface area contributed by atoms with Crippen LogP contribution in [-0.2, 0) is 17.6 Å². The molecule has 2 atom stereocenters. The number of fused-ring (bicyclic) bond motifs is 1. The molecule has 0 saturated carbocycles. The molecule has 0 aliphatic carbocycles. The van der Waals surface area contributed by atoms with E-state index in [0.717, 1.165) is 30.2 Å². The largest absolute Gasteiger partial charge is 0.507 e. The van der Waals surface area contributed by atoms with Crippen molar-refractivity contribution in [2.75, 3.05) is 13.2 Å². The number of carbonyl (C=O) groups excluding carboxylic acids is 1. The van der Waals surface area contributed by atoms with Gasteiger partial charge in [0.15, 0.2) is 5.76 Å². The number of benzene rings is 2. The molecule has 0 fully saturated rings. The Kier molecular flexibility index (Phi) is 8.22. The van der Waals surface area contributed by atoms with Crippen molar-refractivity contribution in [1.82, 2.24) is 10.6 Å². The second kappa shape index (κ2) is 10.9. The van der Waals surface area contributed by atoms with Crippen molar-refractivity contribution < 1.29 is 33.3 Å². The van der Waals surface area contributed by atoms with Gasteiger partial charge in [-0.2, -0.15) is 0 Å². The first kappa shape index (κ1) is 26.3. The maximum Gasteiger partial charge on any atom is 0.407 e. The summed E-state index contributed by atoms with van der Waals surface area (Å²) in [6.45, 7) is 7.00. The van der Waals surface area contributed by atoms with Crippen LogP contribution in [0.15, 0.2) is 42.2 Å². The van der Waals surface area contributed by atoms with E-state index >= 15 is 0 Å². The van der Waals surface area contributed by atoms with Gasteiger partial charge in [0, 0.05) is 18.2 Å². The molecule has 1 amide bonds. The lowest BCUT2D eigenvalue weighted by Gasteiger charge is -2.28. The lowest BCUT2D eigenvalue weighted by Crippen LogP contribution is -2.50. The lowest BCUT2D eigenvalue weighted by atomic mass is 9.99. The highest BCUT2D eigenvalue weighted by atomic mass is 19.1. The monoisotopic (exact) mass is 490 g/mol. The predicted octanol–water partition coefficient (Wildman–Crippen LogP) is 4.23. The molecular weight excluding hydrogens is 458 g/mol. The number of aliphatic hydroxyl groups excluding tert-OH is 2. The normalized spacial score (nSPS) is 15.1. The molecule has 190 valence electrons. The van der Waals surface area contributed by atoms with Gasteiger partial charge in [-0.1, -0.05) is 13.0 Å². The van der Waals surface area contributed by atoms with E-state index in [9.17, 15) is 23.8 Å². The Morgan fingerprint density at radius 1 is 1.14 bits per heavy atom. The van der Waals surface area contributed by atoms with Gasteiger partial charge in [0.25, 0.3) is 0 Å². The first-order chi connectivity index (χ1) is 16.4. The van der Waals surface area contributed by atoms with E-state index in [2.05, 4.69) is 10.6 Å². The van der Waals surface area contributed by atoms with Crippen molar-refractivity contribution in [1.29, 1.82) is 0 Å². The van der Waals surface area contributed by atoms with Gasteiger partial charge in [-0.15, -0.1) is 0 Å². The number of rotatable bonds is 8. The van der Waals surface area contributed by atoms with E-state index in [1.165, 1.54) is 0 Å². The number of halogens is 2. The van der Waals surface area contributed by atoms with E-state index < -0.39 is 35.5 Å². The molecular formula is C26H32F2N2O5. The van der Waals surface area contributed by atoms with Crippen LogP contribution in [0.25, 0.3) is 5.70 Å². The zero-order valence-corrected chi connectivity index (χ0v) is 20.3. The molecule has 0 radical (unpaired) electrons. The van der Waals surface area contributed by atoms with Crippen LogP contribution in [0.3, 0.4) is 0 Å². The third kappa shape index (κ3) is 7.32. The summed E-state index contributed by atoms with van der Waals surface area (Å²) in [6, 6.07) is 7.75. The second-order valence-corrected chi connectivity index (χ2v) is 9.48. The molecule has 1 heterocycles. The number of amides is 1. The molecule has 0 spiro atoms. The minimum absolute atomic E-state index is 0.0261. The van der Waals surface area contributed by atoms with Crippen molar-refractivity contribution in [2.24, 2.45) is 0 Å². The number of aliphatic hydroxyl groups is 2. The SMILES string of the molecule is CCc1ccc2c(c1)C(NCC(O)C(Cc1cc(F)cc(F)c1)NC(=O)OC(C)(C)C)=C(O)CO2. The molecule has 2 aromatic rings. The predicted molar refractivity (Wildman–Crippen MR) is 128 cm³/mol. The minimum Gasteiger partial charge on any atom is -0.507 e. The second-order valence-electron chi connectivity index (χ2n) is 9.48. The molecule has 0 saturated heterocycles. The summed E-state index contributed by atoms with van der Waals surface area (Å²) in [7, 11) is 0. The maximum absolute atomic E-state index is 13.7. The number of aryl methyl sites for hydroxylation is 1.